The summed E-state index contributed by atoms with van der Waals surface area (Å²) < 4.78 is 1.12. The van der Waals surface area contributed by atoms with Crippen molar-refractivity contribution in [3.8, 4) is 0 Å². The average Bonchev–Trinajstić information content (AvgIpc) is 2.58. The fraction of sp³-hybridized carbons (Fsp3) is 0.700. The van der Waals surface area contributed by atoms with Gasteiger partial charge in [-0.15, -0.1) is 11.3 Å². The molecule has 0 spiro atoms. The van der Waals surface area contributed by atoms with Crippen LogP contribution in [0.4, 0.5) is 0 Å². The Hall–Kier alpha value is 0.0300. The predicted molar refractivity (Wildman–Crippen MR) is 67.2 cm³/mol. The Morgan fingerprint density at radius 3 is 2.73 bits per heavy atom. The summed E-state index contributed by atoms with van der Waals surface area (Å²) >= 11 is 5.18. The Kier molecular flexibility index (Phi) is 3.77. The van der Waals surface area contributed by atoms with Crippen molar-refractivity contribution < 1.29 is 0 Å². The Bertz CT molecular complexity index is 318. The molecular formula is C10H16BrN3S. The first-order valence-corrected chi connectivity index (χ1v) is 6.84. The van der Waals surface area contributed by atoms with E-state index >= 15 is 0 Å². The standard InChI is InChI=1S/C10H16BrN3S/c1-7-3-12-4-8(2)14(7)6-10-13-5-9(11)15-10/h5,7-8,12H,3-4,6H2,1-2H3/t7-,8+. The molecule has 1 aliphatic rings. The summed E-state index contributed by atoms with van der Waals surface area (Å²) in [6.07, 6.45) is 1.89. The van der Waals surface area contributed by atoms with E-state index in [4.69, 9.17) is 0 Å². The molecule has 2 atom stereocenters. The van der Waals surface area contributed by atoms with E-state index in [2.05, 4.69) is 45.0 Å². The topological polar surface area (TPSA) is 28.2 Å². The molecule has 0 bridgehead atoms. The van der Waals surface area contributed by atoms with Crippen molar-refractivity contribution in [2.24, 2.45) is 0 Å². The van der Waals surface area contributed by atoms with Gasteiger partial charge in [0.05, 0.1) is 16.5 Å². The van der Waals surface area contributed by atoms with E-state index < -0.39 is 0 Å². The van der Waals surface area contributed by atoms with Gasteiger partial charge in [0.25, 0.3) is 0 Å². The number of piperazine rings is 1. The Labute approximate surface area is 103 Å². The van der Waals surface area contributed by atoms with Gasteiger partial charge in [0, 0.05) is 25.2 Å². The van der Waals surface area contributed by atoms with Gasteiger partial charge in [-0.2, -0.15) is 0 Å². The molecular weight excluding hydrogens is 274 g/mol. The van der Waals surface area contributed by atoms with Crippen LogP contribution in [0.2, 0.25) is 0 Å². The second kappa shape index (κ2) is 4.91. The molecule has 15 heavy (non-hydrogen) atoms. The molecule has 0 unspecified atom stereocenters. The first kappa shape index (κ1) is 11.5. The summed E-state index contributed by atoms with van der Waals surface area (Å²) in [6.45, 7) is 7.67. The minimum atomic E-state index is 0.594. The van der Waals surface area contributed by atoms with Crippen molar-refractivity contribution in [3.05, 3.63) is 15.0 Å². The zero-order valence-corrected chi connectivity index (χ0v) is 11.4. The molecule has 0 saturated carbocycles. The lowest BCUT2D eigenvalue weighted by atomic mass is 10.1. The summed E-state index contributed by atoms with van der Waals surface area (Å²) in [5, 5.41) is 4.63. The monoisotopic (exact) mass is 289 g/mol. The number of hydrogen-bond donors (Lipinski definition) is 1. The van der Waals surface area contributed by atoms with Crippen LogP contribution in [0.5, 0.6) is 0 Å². The summed E-state index contributed by atoms with van der Waals surface area (Å²) in [4.78, 5) is 6.90. The van der Waals surface area contributed by atoms with Crippen LogP contribution in [-0.4, -0.2) is 35.1 Å². The summed E-state index contributed by atoms with van der Waals surface area (Å²) in [6, 6.07) is 1.19. The van der Waals surface area contributed by atoms with Gasteiger partial charge in [0.1, 0.15) is 5.01 Å². The molecule has 0 amide bonds. The highest BCUT2D eigenvalue weighted by Gasteiger charge is 2.24. The molecule has 1 fully saturated rings. The van der Waals surface area contributed by atoms with Gasteiger partial charge >= 0.3 is 0 Å². The Morgan fingerprint density at radius 1 is 1.53 bits per heavy atom. The van der Waals surface area contributed by atoms with Gasteiger partial charge in [-0.3, -0.25) is 4.90 Å². The second-order valence-corrected chi connectivity index (χ2v) is 6.58. The molecule has 3 nitrogen and oxygen atoms in total. The van der Waals surface area contributed by atoms with Gasteiger partial charge < -0.3 is 5.32 Å². The number of halogens is 1. The molecule has 5 heteroatoms. The van der Waals surface area contributed by atoms with Crippen molar-refractivity contribution in [2.45, 2.75) is 32.5 Å². The average molecular weight is 290 g/mol. The SMILES string of the molecule is C[C@@H]1CNC[C@H](C)N1Cc1ncc(Br)s1. The predicted octanol–water partition coefficient (Wildman–Crippen LogP) is 2.09. The van der Waals surface area contributed by atoms with Crippen molar-refractivity contribution in [3.63, 3.8) is 0 Å². The van der Waals surface area contributed by atoms with E-state index in [0.717, 1.165) is 23.4 Å². The fourth-order valence-electron chi connectivity index (χ4n) is 2.00. The third-order valence-corrected chi connectivity index (χ3v) is 4.32. The number of rotatable bonds is 2. The number of thiazole rings is 1. The summed E-state index contributed by atoms with van der Waals surface area (Å²) in [5.41, 5.74) is 0. The zero-order chi connectivity index (χ0) is 10.8. The van der Waals surface area contributed by atoms with Crippen LogP contribution in [0.3, 0.4) is 0 Å². The third kappa shape index (κ3) is 2.78. The van der Waals surface area contributed by atoms with E-state index in [1.54, 1.807) is 11.3 Å². The van der Waals surface area contributed by atoms with Gasteiger partial charge in [-0.1, -0.05) is 0 Å². The largest absolute Gasteiger partial charge is 0.314 e. The van der Waals surface area contributed by atoms with Crippen LogP contribution >= 0.6 is 27.3 Å². The van der Waals surface area contributed by atoms with Crippen LogP contribution < -0.4 is 5.32 Å². The van der Waals surface area contributed by atoms with E-state index in [0.29, 0.717) is 12.1 Å². The first-order valence-electron chi connectivity index (χ1n) is 5.23. The lowest BCUT2D eigenvalue weighted by Gasteiger charge is -2.38. The fourth-order valence-corrected chi connectivity index (χ4v) is 3.31. The van der Waals surface area contributed by atoms with Crippen LogP contribution in [0.25, 0.3) is 0 Å². The van der Waals surface area contributed by atoms with Crippen LogP contribution in [0, 0.1) is 0 Å². The van der Waals surface area contributed by atoms with Gasteiger partial charge in [-0.05, 0) is 29.8 Å². The molecule has 1 N–H and O–H groups in total. The van der Waals surface area contributed by atoms with Crippen LogP contribution in [-0.2, 0) is 6.54 Å². The van der Waals surface area contributed by atoms with E-state index in [9.17, 15) is 0 Å². The van der Waals surface area contributed by atoms with Crippen LogP contribution in [0.15, 0.2) is 9.98 Å². The highest BCUT2D eigenvalue weighted by Crippen LogP contribution is 2.22. The third-order valence-electron chi connectivity index (χ3n) is 2.85. The molecule has 1 aromatic heterocycles. The number of nitrogens with zero attached hydrogens (tertiary/aromatic N) is 2. The summed E-state index contributed by atoms with van der Waals surface area (Å²) in [7, 11) is 0. The minimum absolute atomic E-state index is 0.594. The Balaban J connectivity index is 2.03. The van der Waals surface area contributed by atoms with Gasteiger partial charge in [0.15, 0.2) is 0 Å². The van der Waals surface area contributed by atoms with Crippen molar-refractivity contribution in [1.29, 1.82) is 0 Å². The van der Waals surface area contributed by atoms with Crippen LogP contribution in [0.1, 0.15) is 18.9 Å². The minimum Gasteiger partial charge on any atom is -0.314 e. The van der Waals surface area contributed by atoms with Gasteiger partial charge in [-0.25, -0.2) is 4.98 Å². The summed E-state index contributed by atoms with van der Waals surface area (Å²) in [5.74, 6) is 0. The zero-order valence-electron chi connectivity index (χ0n) is 9.03. The molecule has 0 aromatic carbocycles. The van der Waals surface area contributed by atoms with E-state index in [1.807, 2.05) is 6.20 Å². The lowest BCUT2D eigenvalue weighted by molar-refractivity contribution is 0.108. The number of aromatic nitrogens is 1. The molecule has 0 aliphatic carbocycles. The normalized spacial score (nSPS) is 28.2. The maximum atomic E-state index is 4.39. The number of nitrogens with one attached hydrogen (secondary N) is 1. The molecule has 1 aliphatic heterocycles. The quantitative estimate of drug-likeness (QED) is 0.904. The molecule has 84 valence electrons. The maximum Gasteiger partial charge on any atom is 0.108 e. The second-order valence-electron chi connectivity index (χ2n) is 4.09. The first-order chi connectivity index (χ1) is 7.16. The molecule has 1 saturated heterocycles. The highest BCUT2D eigenvalue weighted by molar-refractivity contribution is 9.11. The van der Waals surface area contributed by atoms with Gasteiger partial charge in [0.2, 0.25) is 0 Å². The molecule has 2 heterocycles. The maximum absolute atomic E-state index is 4.39. The molecule has 1 aromatic rings. The Morgan fingerprint density at radius 2 is 2.20 bits per heavy atom. The highest BCUT2D eigenvalue weighted by atomic mass is 79.9. The van der Waals surface area contributed by atoms with E-state index in [-0.39, 0.29) is 0 Å². The smallest absolute Gasteiger partial charge is 0.108 e. The van der Waals surface area contributed by atoms with E-state index in [1.165, 1.54) is 5.01 Å². The van der Waals surface area contributed by atoms with Crippen molar-refractivity contribution in [1.82, 2.24) is 15.2 Å². The molecule has 0 radical (unpaired) electrons. The molecule has 2 rings (SSSR count). The number of hydrogen-bond acceptors (Lipinski definition) is 4. The van der Waals surface area contributed by atoms with Crippen molar-refractivity contribution in [2.75, 3.05) is 13.1 Å². The van der Waals surface area contributed by atoms with Crippen molar-refractivity contribution >= 4 is 27.3 Å². The lowest BCUT2D eigenvalue weighted by Crippen LogP contribution is -2.54.